The Hall–Kier alpha value is -7.14. The normalized spacial score (nSPS) is 15.7. The number of aromatic nitrogens is 3. The summed E-state index contributed by atoms with van der Waals surface area (Å²) in [6.07, 6.45) is 5.45. The molecule has 0 N–H and O–H groups in total. The number of aryl methyl sites for hydroxylation is 1. The Kier molecular flexibility index (Phi) is 9.54. The van der Waals surface area contributed by atoms with Gasteiger partial charge >= 0.3 is 11.3 Å². The molecule has 0 radical (unpaired) electrons. The second-order valence-corrected chi connectivity index (χ2v) is 22.0. The highest BCUT2D eigenvalue weighted by atomic mass is 16.5. The minimum atomic E-state index is -0.533. The highest BCUT2D eigenvalue weighted by molar-refractivity contribution is 6.10. The summed E-state index contributed by atoms with van der Waals surface area (Å²) in [6.45, 7) is 22.9. The molecule has 0 saturated heterocycles. The molecule has 0 saturated carbocycles. The Morgan fingerprint density at radius 1 is 0.618 bits per heavy atom. The summed E-state index contributed by atoms with van der Waals surface area (Å²) in [5.74, 6) is 2.06. The largest absolute Gasteiger partial charge is 0.488 e. The van der Waals surface area contributed by atoms with E-state index in [1.165, 1.54) is 11.3 Å². The molecule has 2 aliphatic rings. The first-order valence-corrected chi connectivity index (χ1v) is 23.5. The molecule has 0 bridgehead atoms. The van der Waals surface area contributed by atoms with Crippen molar-refractivity contribution in [3.8, 4) is 56.7 Å². The van der Waals surface area contributed by atoms with Gasteiger partial charge in [-0.05, 0) is 131 Å². The van der Waals surface area contributed by atoms with Crippen molar-refractivity contribution in [2.24, 2.45) is 7.05 Å². The lowest BCUT2D eigenvalue weighted by atomic mass is 9.69. The molecule has 68 heavy (non-hydrogen) atoms. The number of nitrogens with zero attached hydrogens (tertiary/aromatic N) is 4. The molecule has 2 aliphatic heterocycles. The van der Waals surface area contributed by atoms with Gasteiger partial charge in [0.1, 0.15) is 51.0 Å². The molecule has 0 atom stereocenters. The van der Waals surface area contributed by atoms with E-state index in [4.69, 9.17) is 32.7 Å². The van der Waals surface area contributed by atoms with Gasteiger partial charge in [-0.3, -0.25) is 9.97 Å². The molecular weight excluding hydrogens is 853 g/mol. The van der Waals surface area contributed by atoms with Gasteiger partial charge in [-0.15, -0.1) is 0 Å². The third-order valence-corrected chi connectivity index (χ3v) is 13.7. The fraction of sp³-hybridized carbons (Fsp3) is 0.333. The van der Waals surface area contributed by atoms with Gasteiger partial charge in [-0.2, -0.15) is 0 Å². The highest BCUT2D eigenvalue weighted by Crippen LogP contribution is 2.52. The van der Waals surface area contributed by atoms with Crippen LogP contribution in [-0.2, 0) is 17.9 Å². The number of hydrogen-bond donors (Lipinski definition) is 0. The van der Waals surface area contributed by atoms with Crippen molar-refractivity contribution in [3.05, 3.63) is 123 Å². The number of fused-ring (bicyclic) bond motifs is 6. The van der Waals surface area contributed by atoms with E-state index in [1.54, 1.807) is 30.6 Å². The molecule has 0 fully saturated rings. The Balaban J connectivity index is 0.925. The van der Waals surface area contributed by atoms with E-state index in [0.29, 0.717) is 56.5 Å². The first-order valence-electron chi connectivity index (χ1n) is 23.5. The highest BCUT2D eigenvalue weighted by Gasteiger charge is 2.42. The Morgan fingerprint density at radius 3 is 1.94 bits per heavy atom. The molecule has 0 aliphatic carbocycles. The van der Waals surface area contributed by atoms with Crippen LogP contribution in [0.4, 0.5) is 5.69 Å². The van der Waals surface area contributed by atoms with Gasteiger partial charge in [0.2, 0.25) is 0 Å². The molecule has 11 heteroatoms. The van der Waals surface area contributed by atoms with Gasteiger partial charge in [-0.25, -0.2) is 9.59 Å². The Morgan fingerprint density at radius 2 is 1.25 bits per heavy atom. The Bertz CT molecular complexity index is 3660. The second-order valence-electron chi connectivity index (χ2n) is 22.0. The molecule has 346 valence electrons. The van der Waals surface area contributed by atoms with Gasteiger partial charge in [0.15, 0.2) is 0 Å². The summed E-state index contributed by atoms with van der Waals surface area (Å²) in [7, 11) is 2.05. The lowest BCUT2D eigenvalue weighted by molar-refractivity contribution is 0.122. The van der Waals surface area contributed by atoms with Crippen LogP contribution in [0.1, 0.15) is 93.2 Å². The first kappa shape index (κ1) is 43.4. The summed E-state index contributed by atoms with van der Waals surface area (Å²) in [5.41, 5.74) is 8.28. The maximum atomic E-state index is 13.8. The molecule has 11 nitrogen and oxygen atoms in total. The van der Waals surface area contributed by atoms with Crippen molar-refractivity contribution in [1.29, 1.82) is 0 Å². The number of furan rings is 1. The second kappa shape index (κ2) is 14.9. The van der Waals surface area contributed by atoms with Crippen LogP contribution in [0.25, 0.3) is 88.9 Å². The fourth-order valence-electron chi connectivity index (χ4n) is 10.3. The zero-order valence-electron chi connectivity index (χ0n) is 40.6. The van der Waals surface area contributed by atoms with Crippen LogP contribution < -0.4 is 25.6 Å². The smallest absolute Gasteiger partial charge is 0.347 e. The van der Waals surface area contributed by atoms with Gasteiger partial charge < -0.3 is 32.2 Å². The topological polar surface area (TPSA) is 126 Å². The van der Waals surface area contributed by atoms with Crippen LogP contribution in [0, 0.1) is 0 Å². The van der Waals surface area contributed by atoms with Crippen LogP contribution in [0.5, 0.6) is 11.5 Å². The summed E-state index contributed by atoms with van der Waals surface area (Å²) in [5, 5.41) is 3.60. The molecule has 4 aromatic carbocycles. The monoisotopic (exact) mass is 908 g/mol. The van der Waals surface area contributed by atoms with Crippen LogP contribution in [0.2, 0.25) is 0 Å². The van der Waals surface area contributed by atoms with Gasteiger partial charge in [0.05, 0.1) is 34.7 Å². The summed E-state index contributed by atoms with van der Waals surface area (Å²) < 4.78 is 33.3. The van der Waals surface area contributed by atoms with Crippen molar-refractivity contribution in [2.75, 3.05) is 18.0 Å². The average Bonchev–Trinajstić information content (AvgIpc) is 3.86. The summed E-state index contributed by atoms with van der Waals surface area (Å²) in [4.78, 5) is 39.5. The molecule has 7 heterocycles. The van der Waals surface area contributed by atoms with Gasteiger partial charge in [-0.1, -0.05) is 33.8 Å². The average molecular weight is 909 g/mol. The number of hydrogen-bond acceptors (Lipinski definition) is 10. The van der Waals surface area contributed by atoms with Crippen molar-refractivity contribution in [2.45, 2.75) is 104 Å². The van der Waals surface area contributed by atoms with Crippen LogP contribution in [-0.4, -0.2) is 38.8 Å². The number of rotatable bonds is 6. The van der Waals surface area contributed by atoms with Gasteiger partial charge in [0, 0.05) is 81.8 Å². The van der Waals surface area contributed by atoms with Crippen molar-refractivity contribution in [1.82, 2.24) is 14.5 Å². The maximum absolute atomic E-state index is 13.8. The van der Waals surface area contributed by atoms with E-state index in [0.717, 1.165) is 69.8 Å². The van der Waals surface area contributed by atoms with Crippen LogP contribution in [0.3, 0.4) is 0 Å². The van der Waals surface area contributed by atoms with Crippen LogP contribution >= 0.6 is 0 Å². The molecule has 0 spiro atoms. The first-order chi connectivity index (χ1) is 32.1. The molecule has 5 aromatic heterocycles. The molecular formula is C57H56N4O7. The zero-order valence-corrected chi connectivity index (χ0v) is 40.6. The SMILES string of the molecule is Cn1c2ccc(-c3cnc(-c4cc5cc6c7c(c5oc4=O)C(C)(C)CCN7CCC6(C)C)cn3)cc2c2cc(-c3ccc(-c4cc5c(OC(C)(C)C)cc(OC(C)(C)C)cc5oc4=O)o3)ccc21. The van der Waals surface area contributed by atoms with E-state index in [1.807, 2.05) is 71.9 Å². The third-order valence-electron chi connectivity index (χ3n) is 13.7. The minimum absolute atomic E-state index is 0.00523. The predicted molar refractivity (Wildman–Crippen MR) is 270 cm³/mol. The van der Waals surface area contributed by atoms with Crippen molar-refractivity contribution < 1.29 is 22.7 Å². The van der Waals surface area contributed by atoms with Crippen molar-refractivity contribution >= 4 is 49.4 Å². The Labute approximate surface area is 394 Å². The molecule has 0 amide bonds. The van der Waals surface area contributed by atoms with E-state index >= 15 is 0 Å². The maximum Gasteiger partial charge on any atom is 0.347 e. The molecule has 11 rings (SSSR count). The quantitative estimate of drug-likeness (QED) is 0.149. The van der Waals surface area contributed by atoms with E-state index in [9.17, 15) is 9.59 Å². The summed E-state index contributed by atoms with van der Waals surface area (Å²) in [6, 6.07) is 25.6. The fourth-order valence-corrected chi connectivity index (χ4v) is 10.3. The standard InChI is InChI=1S/C57H56N4O7/c1-54(2,3)67-34-26-47-38(48(27-34)68-55(4,5)6)28-39(53(63)65-47)46-17-16-45(64-46)32-13-15-44-36(23-32)35-22-31(12-14-43(35)60(44)11)41-29-59-42(30-58-41)37-24-33-25-40-50-49(51(33)66-52(37)62)57(9,10)19-21-61(50)20-18-56(40,7)8/h12-17,22-30H,18-21H2,1-11H3. The van der Waals surface area contributed by atoms with Crippen LogP contribution in [0.15, 0.2) is 114 Å². The van der Waals surface area contributed by atoms with Crippen molar-refractivity contribution in [3.63, 3.8) is 0 Å². The van der Waals surface area contributed by atoms with Gasteiger partial charge in [0.25, 0.3) is 0 Å². The van der Waals surface area contributed by atoms with E-state index in [2.05, 4.69) is 74.5 Å². The lowest BCUT2D eigenvalue weighted by Crippen LogP contribution is -2.44. The summed E-state index contributed by atoms with van der Waals surface area (Å²) >= 11 is 0. The van der Waals surface area contributed by atoms with E-state index in [-0.39, 0.29) is 16.4 Å². The lowest BCUT2D eigenvalue weighted by Gasteiger charge is -2.48. The number of benzene rings is 4. The number of ether oxygens (including phenoxy) is 2. The van der Waals surface area contributed by atoms with E-state index < -0.39 is 22.5 Å². The zero-order chi connectivity index (χ0) is 47.8. The molecule has 0 unspecified atom stereocenters. The third kappa shape index (κ3) is 7.34. The molecule has 9 aromatic rings. The predicted octanol–water partition coefficient (Wildman–Crippen LogP) is 13.1. The minimum Gasteiger partial charge on any atom is -0.488 e. The number of anilines is 1.